The Bertz CT molecular complexity index is 873. The van der Waals surface area contributed by atoms with E-state index in [1.165, 1.54) is 10.6 Å². The van der Waals surface area contributed by atoms with Crippen LogP contribution in [-0.2, 0) is 0 Å². The number of aldehydes is 1. The lowest BCUT2D eigenvalue weighted by atomic mass is 9.94. The normalized spacial score (nSPS) is 11.1. The summed E-state index contributed by atoms with van der Waals surface area (Å²) in [5, 5.41) is 12.0. The van der Waals surface area contributed by atoms with E-state index in [-0.39, 0.29) is 23.1 Å². The van der Waals surface area contributed by atoms with Crippen molar-refractivity contribution in [2.45, 2.75) is 19.8 Å². The number of nitrogens with zero attached hydrogens (tertiary/aromatic N) is 1. The van der Waals surface area contributed by atoms with Crippen molar-refractivity contribution >= 4 is 23.0 Å². The highest BCUT2D eigenvalue weighted by Crippen LogP contribution is 2.28. The molecule has 1 heterocycles. The largest absolute Gasteiger partial charge is 0.507 e. The molecule has 1 aromatic heterocycles. The second kappa shape index (κ2) is 5.72. The highest BCUT2D eigenvalue weighted by Gasteiger charge is 2.18. The maximum atomic E-state index is 12.7. The monoisotopic (exact) mass is 307 g/mol. The number of aromatic hydroxyl groups is 1. The van der Waals surface area contributed by atoms with Crippen molar-refractivity contribution in [2.75, 3.05) is 0 Å². The van der Waals surface area contributed by atoms with Gasteiger partial charge in [0.15, 0.2) is 0 Å². The van der Waals surface area contributed by atoms with E-state index in [9.17, 15) is 14.7 Å². The van der Waals surface area contributed by atoms with Gasteiger partial charge in [0.05, 0.1) is 5.56 Å². The number of aromatic nitrogens is 1. The maximum absolute atomic E-state index is 12.7. The first-order chi connectivity index (χ1) is 11.0. The maximum Gasteiger partial charge on any atom is 0.265 e. The van der Waals surface area contributed by atoms with Crippen LogP contribution in [-0.4, -0.2) is 21.9 Å². The van der Waals surface area contributed by atoms with Crippen LogP contribution >= 0.6 is 0 Å². The number of phenolic OH excluding ortho intramolecular Hbond substituents is 1. The summed E-state index contributed by atoms with van der Waals surface area (Å²) in [6, 6.07) is 10.6. The summed E-state index contributed by atoms with van der Waals surface area (Å²) in [7, 11) is 0. The lowest BCUT2D eigenvalue weighted by Gasteiger charge is -2.12. The molecule has 0 saturated carbocycles. The molecule has 0 saturated heterocycles. The molecular formula is C19H17NO3. The van der Waals surface area contributed by atoms with Gasteiger partial charge in [0.1, 0.15) is 12.0 Å². The third-order valence-corrected chi connectivity index (χ3v) is 3.97. The molecule has 116 valence electrons. The van der Waals surface area contributed by atoms with E-state index in [2.05, 4.69) is 0 Å². The van der Waals surface area contributed by atoms with Crippen LogP contribution in [0, 0.1) is 0 Å². The quantitative estimate of drug-likeness (QED) is 0.745. The van der Waals surface area contributed by atoms with E-state index in [0.717, 1.165) is 16.3 Å². The Kier molecular flexibility index (Phi) is 3.74. The summed E-state index contributed by atoms with van der Waals surface area (Å²) in [5.41, 5.74) is 1.35. The second-order valence-electron chi connectivity index (χ2n) is 5.87. The van der Waals surface area contributed by atoms with E-state index >= 15 is 0 Å². The summed E-state index contributed by atoms with van der Waals surface area (Å²) in [5.74, 6) is -0.427. The standard InChI is InChI=1S/C19H17NO3/c1-12(2)16-8-17(18(22)7-15(16)11-21)19(23)20-9-13-5-3-4-6-14(13)10-20/h3-12,22H,1-2H3. The number of carbonyl (C=O) groups is 2. The number of hydrogen-bond acceptors (Lipinski definition) is 3. The molecule has 1 N–H and O–H groups in total. The summed E-state index contributed by atoms with van der Waals surface area (Å²) in [6.07, 6.45) is 4.17. The number of fused-ring (bicyclic) bond motifs is 1. The van der Waals surface area contributed by atoms with Crippen LogP contribution in [0.15, 0.2) is 48.8 Å². The first kappa shape index (κ1) is 15.0. The lowest BCUT2D eigenvalue weighted by Crippen LogP contribution is -2.11. The summed E-state index contributed by atoms with van der Waals surface area (Å²) < 4.78 is 1.46. The molecule has 0 spiro atoms. The minimum Gasteiger partial charge on any atom is -0.507 e. The van der Waals surface area contributed by atoms with Crippen LogP contribution in [0.4, 0.5) is 0 Å². The molecule has 0 radical (unpaired) electrons. The van der Waals surface area contributed by atoms with Gasteiger partial charge in [-0.15, -0.1) is 0 Å². The Balaban J connectivity index is 2.11. The molecule has 4 nitrogen and oxygen atoms in total. The predicted molar refractivity (Wildman–Crippen MR) is 89.2 cm³/mol. The average Bonchev–Trinajstić information content (AvgIpc) is 2.97. The SMILES string of the molecule is CC(C)c1cc(C(=O)n2cc3ccccc3c2)c(O)cc1C=O. The van der Waals surface area contributed by atoms with Crippen LogP contribution in [0.25, 0.3) is 10.8 Å². The van der Waals surface area contributed by atoms with Crippen molar-refractivity contribution in [3.8, 4) is 5.75 Å². The Morgan fingerprint density at radius 2 is 1.74 bits per heavy atom. The van der Waals surface area contributed by atoms with Crippen LogP contribution in [0.3, 0.4) is 0 Å². The van der Waals surface area contributed by atoms with Gasteiger partial charge in [-0.1, -0.05) is 38.1 Å². The van der Waals surface area contributed by atoms with Gasteiger partial charge in [-0.05, 0) is 34.4 Å². The Hall–Kier alpha value is -2.88. The van der Waals surface area contributed by atoms with Crippen molar-refractivity contribution in [2.24, 2.45) is 0 Å². The molecule has 0 amide bonds. The van der Waals surface area contributed by atoms with Crippen LogP contribution in [0.2, 0.25) is 0 Å². The fraction of sp³-hybridized carbons (Fsp3) is 0.158. The van der Waals surface area contributed by atoms with Gasteiger partial charge >= 0.3 is 0 Å². The smallest absolute Gasteiger partial charge is 0.265 e. The number of hydrogen-bond donors (Lipinski definition) is 1. The highest BCUT2D eigenvalue weighted by molar-refractivity contribution is 6.02. The van der Waals surface area contributed by atoms with Gasteiger partial charge in [0, 0.05) is 18.0 Å². The molecule has 23 heavy (non-hydrogen) atoms. The van der Waals surface area contributed by atoms with Crippen LogP contribution < -0.4 is 0 Å². The van der Waals surface area contributed by atoms with Gasteiger partial charge in [0.25, 0.3) is 5.91 Å². The first-order valence-corrected chi connectivity index (χ1v) is 7.44. The topological polar surface area (TPSA) is 59.3 Å². The van der Waals surface area contributed by atoms with Crippen molar-refractivity contribution in [3.05, 3.63) is 65.5 Å². The Labute approximate surface area is 134 Å². The fourth-order valence-corrected chi connectivity index (χ4v) is 2.73. The van der Waals surface area contributed by atoms with Crippen molar-refractivity contribution < 1.29 is 14.7 Å². The molecule has 2 aromatic carbocycles. The fourth-order valence-electron chi connectivity index (χ4n) is 2.73. The summed E-state index contributed by atoms with van der Waals surface area (Å²) in [4.78, 5) is 23.9. The average molecular weight is 307 g/mol. The summed E-state index contributed by atoms with van der Waals surface area (Å²) >= 11 is 0. The molecule has 0 aliphatic heterocycles. The molecule has 0 fully saturated rings. The molecule has 0 aliphatic rings. The zero-order chi connectivity index (χ0) is 16.6. The molecule has 3 rings (SSSR count). The van der Waals surface area contributed by atoms with E-state index in [4.69, 9.17) is 0 Å². The number of carbonyl (C=O) groups excluding carboxylic acids is 2. The molecule has 0 aliphatic carbocycles. The number of rotatable bonds is 3. The van der Waals surface area contributed by atoms with Gasteiger partial charge in [-0.2, -0.15) is 0 Å². The van der Waals surface area contributed by atoms with Gasteiger partial charge in [0.2, 0.25) is 0 Å². The van der Waals surface area contributed by atoms with Crippen molar-refractivity contribution in [1.29, 1.82) is 0 Å². The van der Waals surface area contributed by atoms with Gasteiger partial charge in [-0.3, -0.25) is 14.2 Å². The Morgan fingerprint density at radius 1 is 1.13 bits per heavy atom. The molecule has 0 unspecified atom stereocenters. The minimum atomic E-state index is -0.321. The Morgan fingerprint density at radius 3 is 2.26 bits per heavy atom. The third kappa shape index (κ3) is 2.63. The predicted octanol–water partition coefficient (Wildman–Crippen LogP) is 3.97. The number of benzene rings is 2. The van der Waals surface area contributed by atoms with Gasteiger partial charge in [-0.25, -0.2) is 0 Å². The highest BCUT2D eigenvalue weighted by atomic mass is 16.3. The van der Waals surface area contributed by atoms with Crippen LogP contribution in [0.1, 0.15) is 46.0 Å². The summed E-state index contributed by atoms with van der Waals surface area (Å²) in [6.45, 7) is 3.88. The van der Waals surface area contributed by atoms with E-state index < -0.39 is 0 Å². The van der Waals surface area contributed by atoms with Crippen molar-refractivity contribution in [3.63, 3.8) is 0 Å². The zero-order valence-electron chi connectivity index (χ0n) is 13.0. The van der Waals surface area contributed by atoms with Crippen molar-refractivity contribution in [1.82, 2.24) is 4.57 Å². The van der Waals surface area contributed by atoms with E-state index in [0.29, 0.717) is 11.8 Å². The minimum absolute atomic E-state index is 0.0751. The second-order valence-corrected chi connectivity index (χ2v) is 5.87. The molecule has 4 heteroatoms. The first-order valence-electron chi connectivity index (χ1n) is 7.44. The third-order valence-electron chi connectivity index (χ3n) is 3.97. The van der Waals surface area contributed by atoms with E-state index in [1.807, 2.05) is 38.1 Å². The number of phenols is 1. The molecule has 0 atom stereocenters. The van der Waals surface area contributed by atoms with Gasteiger partial charge < -0.3 is 5.11 Å². The molecule has 0 bridgehead atoms. The van der Waals surface area contributed by atoms with E-state index in [1.54, 1.807) is 18.5 Å². The zero-order valence-corrected chi connectivity index (χ0v) is 13.0. The lowest BCUT2D eigenvalue weighted by molar-refractivity contribution is 0.0957. The van der Waals surface area contributed by atoms with Crippen LogP contribution in [0.5, 0.6) is 5.75 Å². The molecule has 3 aromatic rings. The molecular weight excluding hydrogens is 290 g/mol.